The van der Waals surface area contributed by atoms with Crippen LogP contribution in [0.4, 0.5) is 0 Å². The van der Waals surface area contributed by atoms with Gasteiger partial charge in [0.1, 0.15) is 0 Å². The molecule has 0 aliphatic heterocycles. The Hall–Kier alpha value is -1.34. The van der Waals surface area contributed by atoms with Crippen molar-refractivity contribution in [1.29, 1.82) is 0 Å². The molecule has 124 valence electrons. The molecule has 7 heteroatoms. The summed E-state index contributed by atoms with van der Waals surface area (Å²) in [6.07, 6.45) is 3.56. The summed E-state index contributed by atoms with van der Waals surface area (Å²) < 4.78 is 0. The molecule has 2 heterocycles. The van der Waals surface area contributed by atoms with Gasteiger partial charge in [-0.15, -0.1) is 16.4 Å². The van der Waals surface area contributed by atoms with Crippen LogP contribution in [0.25, 0.3) is 10.7 Å². The molecule has 3 atom stereocenters. The highest BCUT2D eigenvalue weighted by atomic mass is 32.2. The third-order valence-corrected chi connectivity index (χ3v) is 6.33. The van der Waals surface area contributed by atoms with Crippen LogP contribution in [0.3, 0.4) is 0 Å². The fourth-order valence-electron chi connectivity index (χ4n) is 3.00. The number of carbonyl (C=O) groups excluding carboxylic acids is 1. The minimum Gasteiger partial charge on any atom is -0.352 e. The molecule has 5 nitrogen and oxygen atoms in total. The van der Waals surface area contributed by atoms with Gasteiger partial charge in [0.2, 0.25) is 11.1 Å². The van der Waals surface area contributed by atoms with Crippen molar-refractivity contribution < 1.29 is 4.79 Å². The van der Waals surface area contributed by atoms with Gasteiger partial charge in [0.15, 0.2) is 5.82 Å². The predicted octanol–water partition coefficient (Wildman–Crippen LogP) is 3.57. The van der Waals surface area contributed by atoms with Crippen LogP contribution in [0, 0.1) is 11.8 Å². The zero-order valence-corrected chi connectivity index (χ0v) is 15.0. The highest BCUT2D eigenvalue weighted by molar-refractivity contribution is 7.99. The van der Waals surface area contributed by atoms with Crippen LogP contribution >= 0.6 is 23.1 Å². The average Bonchev–Trinajstić information content (AvgIpc) is 3.20. The lowest BCUT2D eigenvalue weighted by molar-refractivity contribution is -0.120. The Morgan fingerprint density at radius 2 is 2.35 bits per heavy atom. The number of carbonyl (C=O) groups is 1. The molecule has 0 bridgehead atoms. The number of thioether (sulfide) groups is 1. The fraction of sp³-hybridized carbons (Fsp3) is 0.562. The van der Waals surface area contributed by atoms with Crippen molar-refractivity contribution >= 4 is 29.0 Å². The number of amides is 1. The Morgan fingerprint density at radius 1 is 1.48 bits per heavy atom. The minimum atomic E-state index is 0.0726. The van der Waals surface area contributed by atoms with Crippen LogP contribution in [-0.2, 0) is 4.79 Å². The van der Waals surface area contributed by atoms with Gasteiger partial charge in [-0.25, -0.2) is 4.98 Å². The van der Waals surface area contributed by atoms with Crippen molar-refractivity contribution in [2.24, 2.45) is 11.8 Å². The van der Waals surface area contributed by atoms with Crippen LogP contribution in [0.2, 0.25) is 0 Å². The van der Waals surface area contributed by atoms with Gasteiger partial charge in [0.05, 0.1) is 10.6 Å². The quantitative estimate of drug-likeness (QED) is 0.809. The highest BCUT2D eigenvalue weighted by Gasteiger charge is 2.28. The van der Waals surface area contributed by atoms with E-state index >= 15 is 0 Å². The summed E-state index contributed by atoms with van der Waals surface area (Å²) in [5.41, 5.74) is 0. The Morgan fingerprint density at radius 3 is 3.13 bits per heavy atom. The third kappa shape index (κ3) is 4.14. The van der Waals surface area contributed by atoms with Gasteiger partial charge in [-0.05, 0) is 29.7 Å². The largest absolute Gasteiger partial charge is 0.352 e. The second-order valence-electron chi connectivity index (χ2n) is 6.17. The number of nitrogens with one attached hydrogen (secondary N) is 2. The van der Waals surface area contributed by atoms with E-state index in [0.717, 1.165) is 17.1 Å². The molecule has 2 N–H and O–H groups in total. The Labute approximate surface area is 144 Å². The molecular formula is C16H22N4OS2. The summed E-state index contributed by atoms with van der Waals surface area (Å²) in [5, 5.41) is 12.9. The lowest BCUT2D eigenvalue weighted by atomic mass is 9.78. The second kappa shape index (κ2) is 7.49. The molecule has 0 radical (unpaired) electrons. The molecule has 1 fully saturated rings. The van der Waals surface area contributed by atoms with Crippen molar-refractivity contribution in [2.75, 3.05) is 5.75 Å². The number of hydrogen-bond acceptors (Lipinski definition) is 5. The first-order valence-corrected chi connectivity index (χ1v) is 9.88. The number of thiophene rings is 1. The molecule has 1 amide bonds. The molecule has 1 saturated carbocycles. The van der Waals surface area contributed by atoms with Gasteiger partial charge in [-0.2, -0.15) is 0 Å². The van der Waals surface area contributed by atoms with Gasteiger partial charge in [-0.1, -0.05) is 44.5 Å². The number of H-pyrrole nitrogens is 1. The van der Waals surface area contributed by atoms with Crippen LogP contribution in [-0.4, -0.2) is 32.9 Å². The molecule has 0 spiro atoms. The molecule has 3 rings (SSSR count). The standard InChI is InChI=1S/C16H22N4OS2/c1-10-5-3-6-12(11(10)2)17-14(21)9-23-16-18-15(19-20-16)13-7-4-8-22-13/h4,7-8,10-12H,3,5-6,9H2,1-2H3,(H,17,21)(H,18,19,20)/t10-,11+,12-/m0/s1. The highest BCUT2D eigenvalue weighted by Crippen LogP contribution is 2.29. The van der Waals surface area contributed by atoms with Gasteiger partial charge in [0.25, 0.3) is 0 Å². The molecular weight excluding hydrogens is 328 g/mol. The van der Waals surface area contributed by atoms with Crippen molar-refractivity contribution in [1.82, 2.24) is 20.5 Å². The van der Waals surface area contributed by atoms with E-state index in [1.807, 2.05) is 17.5 Å². The number of nitrogens with zero attached hydrogens (tertiary/aromatic N) is 2. The first kappa shape index (κ1) is 16.5. The summed E-state index contributed by atoms with van der Waals surface area (Å²) in [4.78, 5) is 17.7. The van der Waals surface area contributed by atoms with Gasteiger partial charge in [0, 0.05) is 6.04 Å². The summed E-state index contributed by atoms with van der Waals surface area (Å²) in [7, 11) is 0. The van der Waals surface area contributed by atoms with Gasteiger partial charge < -0.3 is 5.32 Å². The van der Waals surface area contributed by atoms with Crippen molar-refractivity contribution in [3.05, 3.63) is 17.5 Å². The summed E-state index contributed by atoms with van der Waals surface area (Å²) in [5.74, 6) is 2.43. The summed E-state index contributed by atoms with van der Waals surface area (Å²) >= 11 is 2.99. The van der Waals surface area contributed by atoms with Crippen molar-refractivity contribution in [3.8, 4) is 10.7 Å². The van der Waals surface area contributed by atoms with E-state index in [0.29, 0.717) is 28.8 Å². The molecule has 0 aromatic carbocycles. The topological polar surface area (TPSA) is 70.7 Å². The summed E-state index contributed by atoms with van der Waals surface area (Å²) in [6.45, 7) is 4.52. The zero-order chi connectivity index (χ0) is 16.2. The maximum absolute atomic E-state index is 12.2. The van der Waals surface area contributed by atoms with E-state index in [4.69, 9.17) is 0 Å². The SMILES string of the molecule is C[C@H]1[C@@H](NC(=O)CSc2n[nH]c(-c3cccs3)n2)CCC[C@@H]1C. The first-order valence-electron chi connectivity index (χ1n) is 8.02. The van der Waals surface area contributed by atoms with E-state index in [-0.39, 0.29) is 5.91 Å². The Balaban J connectivity index is 1.49. The lowest BCUT2D eigenvalue weighted by Gasteiger charge is -2.34. The zero-order valence-electron chi connectivity index (χ0n) is 13.4. The maximum Gasteiger partial charge on any atom is 0.230 e. The van der Waals surface area contributed by atoms with E-state index in [2.05, 4.69) is 34.3 Å². The van der Waals surface area contributed by atoms with Gasteiger partial charge >= 0.3 is 0 Å². The lowest BCUT2D eigenvalue weighted by Crippen LogP contribution is -2.44. The van der Waals surface area contributed by atoms with Crippen molar-refractivity contribution in [3.63, 3.8) is 0 Å². The first-order chi connectivity index (χ1) is 11.1. The molecule has 1 aliphatic carbocycles. The van der Waals surface area contributed by atoms with Gasteiger partial charge in [-0.3, -0.25) is 9.89 Å². The van der Waals surface area contributed by atoms with Crippen LogP contribution in [0.15, 0.2) is 22.7 Å². The Kier molecular flexibility index (Phi) is 5.38. The van der Waals surface area contributed by atoms with E-state index in [1.165, 1.54) is 24.6 Å². The molecule has 0 unspecified atom stereocenters. The number of aromatic amines is 1. The van der Waals surface area contributed by atoms with Crippen LogP contribution in [0.1, 0.15) is 33.1 Å². The average molecular weight is 351 g/mol. The van der Waals surface area contributed by atoms with Crippen molar-refractivity contribution in [2.45, 2.75) is 44.3 Å². The number of aromatic nitrogens is 3. The van der Waals surface area contributed by atoms with Crippen LogP contribution in [0.5, 0.6) is 0 Å². The van der Waals surface area contributed by atoms with E-state index in [1.54, 1.807) is 11.3 Å². The molecule has 2 aromatic rings. The number of rotatable bonds is 5. The number of hydrogen-bond donors (Lipinski definition) is 2. The summed E-state index contributed by atoms with van der Waals surface area (Å²) in [6, 6.07) is 4.29. The third-order valence-electron chi connectivity index (χ3n) is 4.61. The Bertz CT molecular complexity index is 640. The monoisotopic (exact) mass is 350 g/mol. The smallest absolute Gasteiger partial charge is 0.230 e. The minimum absolute atomic E-state index is 0.0726. The van der Waals surface area contributed by atoms with E-state index < -0.39 is 0 Å². The molecule has 0 saturated heterocycles. The van der Waals surface area contributed by atoms with E-state index in [9.17, 15) is 4.79 Å². The predicted molar refractivity (Wildman–Crippen MR) is 94.5 cm³/mol. The normalized spacial score (nSPS) is 24.5. The van der Waals surface area contributed by atoms with Crippen LogP contribution < -0.4 is 5.32 Å². The molecule has 23 heavy (non-hydrogen) atoms. The maximum atomic E-state index is 12.2. The fourth-order valence-corrected chi connectivity index (χ4v) is 4.27. The second-order valence-corrected chi connectivity index (χ2v) is 8.06. The molecule has 1 aliphatic rings. The molecule has 2 aromatic heterocycles.